The number of hydrogen-bond donors (Lipinski definition) is 1. The third kappa shape index (κ3) is 3.37. The van der Waals surface area contributed by atoms with Crippen LogP contribution in [0.1, 0.15) is 30.3 Å². The van der Waals surface area contributed by atoms with Crippen LogP contribution in [0.3, 0.4) is 0 Å². The monoisotopic (exact) mass is 354 g/mol. The third-order valence-corrected chi connectivity index (χ3v) is 4.87. The Morgan fingerprint density at radius 1 is 1.40 bits per heavy atom. The van der Waals surface area contributed by atoms with Gasteiger partial charge in [-0.3, -0.25) is 10.1 Å². The highest BCUT2D eigenvalue weighted by Gasteiger charge is 2.15. The average Bonchev–Trinajstić information content (AvgIpc) is 2.85. The average molecular weight is 355 g/mol. The molecule has 4 nitrogen and oxygen atoms in total. The summed E-state index contributed by atoms with van der Waals surface area (Å²) in [5.74, 6) is 0. The van der Waals surface area contributed by atoms with Crippen molar-refractivity contribution in [2.45, 2.75) is 26.3 Å². The van der Waals surface area contributed by atoms with Crippen LogP contribution >= 0.6 is 27.3 Å². The Labute approximate surface area is 130 Å². The maximum Gasteiger partial charge on any atom is 0.274 e. The minimum absolute atomic E-state index is 0.110. The SMILES string of the molecule is CCc1ccc(NC(C)c2ccc(Br)s2)cc1[N+](=O)[O-]. The van der Waals surface area contributed by atoms with Crippen LogP contribution in [-0.4, -0.2) is 4.92 Å². The van der Waals surface area contributed by atoms with E-state index in [0.29, 0.717) is 6.42 Å². The molecule has 0 spiro atoms. The maximum absolute atomic E-state index is 11.1. The topological polar surface area (TPSA) is 55.2 Å². The minimum Gasteiger partial charge on any atom is -0.378 e. The normalized spacial score (nSPS) is 12.2. The molecule has 1 N–H and O–H groups in total. The fraction of sp³-hybridized carbons (Fsp3) is 0.286. The summed E-state index contributed by atoms with van der Waals surface area (Å²) < 4.78 is 1.08. The van der Waals surface area contributed by atoms with Crippen molar-refractivity contribution in [2.75, 3.05) is 5.32 Å². The van der Waals surface area contributed by atoms with Gasteiger partial charge in [0, 0.05) is 22.2 Å². The third-order valence-electron chi connectivity index (χ3n) is 3.07. The van der Waals surface area contributed by atoms with Gasteiger partial charge in [0.05, 0.1) is 14.8 Å². The number of nitrogens with one attached hydrogen (secondary N) is 1. The predicted octanol–water partition coefficient (Wildman–Crippen LogP) is 5.15. The molecular weight excluding hydrogens is 340 g/mol. The summed E-state index contributed by atoms with van der Waals surface area (Å²) in [6.07, 6.45) is 0.657. The highest BCUT2D eigenvalue weighted by atomic mass is 79.9. The van der Waals surface area contributed by atoms with Gasteiger partial charge in [-0.1, -0.05) is 13.0 Å². The molecule has 0 amide bonds. The Bertz CT molecular complexity index is 627. The van der Waals surface area contributed by atoms with Gasteiger partial charge in [-0.2, -0.15) is 0 Å². The smallest absolute Gasteiger partial charge is 0.274 e. The summed E-state index contributed by atoms with van der Waals surface area (Å²) in [6.45, 7) is 3.96. The summed E-state index contributed by atoms with van der Waals surface area (Å²) in [4.78, 5) is 11.9. The molecule has 0 bridgehead atoms. The first-order valence-electron chi connectivity index (χ1n) is 6.30. The lowest BCUT2D eigenvalue weighted by Gasteiger charge is -2.14. The van der Waals surface area contributed by atoms with E-state index in [1.165, 1.54) is 4.88 Å². The summed E-state index contributed by atoms with van der Waals surface area (Å²) in [5, 5.41) is 14.4. The molecule has 0 radical (unpaired) electrons. The van der Waals surface area contributed by atoms with E-state index in [4.69, 9.17) is 0 Å². The molecule has 0 aliphatic carbocycles. The van der Waals surface area contributed by atoms with Crippen molar-refractivity contribution < 1.29 is 4.92 Å². The van der Waals surface area contributed by atoms with Gasteiger partial charge in [0.25, 0.3) is 5.69 Å². The van der Waals surface area contributed by atoms with E-state index in [9.17, 15) is 10.1 Å². The van der Waals surface area contributed by atoms with Crippen molar-refractivity contribution in [3.63, 3.8) is 0 Å². The van der Waals surface area contributed by atoms with Gasteiger partial charge in [0.2, 0.25) is 0 Å². The molecule has 0 fully saturated rings. The Morgan fingerprint density at radius 3 is 2.70 bits per heavy atom. The van der Waals surface area contributed by atoms with Crippen LogP contribution in [0.4, 0.5) is 11.4 Å². The number of benzene rings is 1. The van der Waals surface area contributed by atoms with Gasteiger partial charge >= 0.3 is 0 Å². The summed E-state index contributed by atoms with van der Waals surface area (Å²) in [5.41, 5.74) is 1.70. The van der Waals surface area contributed by atoms with E-state index in [-0.39, 0.29) is 16.7 Å². The number of thiophene rings is 1. The van der Waals surface area contributed by atoms with Crippen LogP contribution in [0.2, 0.25) is 0 Å². The van der Waals surface area contributed by atoms with E-state index >= 15 is 0 Å². The van der Waals surface area contributed by atoms with E-state index < -0.39 is 0 Å². The largest absolute Gasteiger partial charge is 0.378 e. The second-order valence-electron chi connectivity index (χ2n) is 4.46. The lowest BCUT2D eigenvalue weighted by atomic mass is 10.1. The van der Waals surface area contributed by atoms with E-state index in [1.54, 1.807) is 17.4 Å². The molecular formula is C14H15BrN2O2S. The standard InChI is InChI=1S/C14H15BrN2O2S/c1-3-10-4-5-11(8-12(10)17(18)19)16-9(2)13-6-7-14(15)20-13/h4-9,16H,3H2,1-2H3. The zero-order valence-corrected chi connectivity index (χ0v) is 13.6. The quantitative estimate of drug-likeness (QED) is 0.596. The van der Waals surface area contributed by atoms with Crippen molar-refractivity contribution in [1.29, 1.82) is 0 Å². The Morgan fingerprint density at radius 2 is 2.15 bits per heavy atom. The van der Waals surface area contributed by atoms with Crippen molar-refractivity contribution in [3.8, 4) is 0 Å². The molecule has 106 valence electrons. The molecule has 1 aromatic heterocycles. The van der Waals surface area contributed by atoms with Crippen molar-refractivity contribution in [3.05, 3.63) is 54.7 Å². The molecule has 0 aliphatic rings. The highest BCUT2D eigenvalue weighted by molar-refractivity contribution is 9.11. The number of hydrogen-bond acceptors (Lipinski definition) is 4. The van der Waals surface area contributed by atoms with Gasteiger partial charge in [0.15, 0.2) is 0 Å². The molecule has 0 saturated carbocycles. The fourth-order valence-corrected chi connectivity index (χ4v) is 3.43. The molecule has 1 unspecified atom stereocenters. The van der Waals surface area contributed by atoms with Crippen molar-refractivity contribution in [2.24, 2.45) is 0 Å². The van der Waals surface area contributed by atoms with Gasteiger partial charge in [-0.05, 0) is 47.5 Å². The van der Waals surface area contributed by atoms with E-state index in [0.717, 1.165) is 15.0 Å². The number of nitro groups is 1. The summed E-state index contributed by atoms with van der Waals surface area (Å²) in [7, 11) is 0. The maximum atomic E-state index is 11.1. The highest BCUT2D eigenvalue weighted by Crippen LogP contribution is 2.31. The zero-order valence-electron chi connectivity index (χ0n) is 11.2. The molecule has 6 heteroatoms. The number of nitro benzene ring substituents is 1. The number of nitrogens with zero attached hydrogens (tertiary/aromatic N) is 1. The molecule has 20 heavy (non-hydrogen) atoms. The first kappa shape index (κ1) is 15.0. The number of aryl methyl sites for hydroxylation is 1. The fourth-order valence-electron chi connectivity index (χ4n) is 2.00. The van der Waals surface area contributed by atoms with Crippen LogP contribution < -0.4 is 5.32 Å². The second-order valence-corrected chi connectivity index (χ2v) is 6.96. The van der Waals surface area contributed by atoms with Gasteiger partial charge in [0.1, 0.15) is 0 Å². The lowest BCUT2D eigenvalue weighted by molar-refractivity contribution is -0.385. The number of rotatable bonds is 5. The molecule has 0 aliphatic heterocycles. The molecule has 2 aromatic rings. The van der Waals surface area contributed by atoms with E-state index in [2.05, 4.69) is 21.2 Å². The van der Waals surface area contributed by atoms with E-state index in [1.807, 2.05) is 38.1 Å². The second kappa shape index (κ2) is 6.37. The Balaban J connectivity index is 2.21. The van der Waals surface area contributed by atoms with Crippen LogP contribution in [-0.2, 0) is 6.42 Å². The lowest BCUT2D eigenvalue weighted by Crippen LogP contribution is -2.05. The summed E-state index contributed by atoms with van der Waals surface area (Å²) >= 11 is 5.09. The van der Waals surface area contributed by atoms with Gasteiger partial charge in [-0.25, -0.2) is 0 Å². The van der Waals surface area contributed by atoms with Crippen LogP contribution in [0.15, 0.2) is 34.1 Å². The van der Waals surface area contributed by atoms with Crippen molar-refractivity contribution >= 4 is 38.6 Å². The summed E-state index contributed by atoms with van der Waals surface area (Å²) in [6, 6.07) is 9.47. The Hall–Kier alpha value is -1.40. The number of halogens is 1. The van der Waals surface area contributed by atoms with Crippen LogP contribution in [0.25, 0.3) is 0 Å². The first-order chi connectivity index (χ1) is 9.51. The molecule has 0 saturated heterocycles. The Kier molecular flexibility index (Phi) is 4.77. The molecule has 1 atom stereocenters. The first-order valence-corrected chi connectivity index (χ1v) is 7.91. The van der Waals surface area contributed by atoms with Crippen LogP contribution in [0, 0.1) is 10.1 Å². The van der Waals surface area contributed by atoms with Crippen molar-refractivity contribution in [1.82, 2.24) is 0 Å². The number of anilines is 1. The van der Waals surface area contributed by atoms with Crippen LogP contribution in [0.5, 0.6) is 0 Å². The predicted molar refractivity (Wildman–Crippen MR) is 86.5 cm³/mol. The van der Waals surface area contributed by atoms with Gasteiger partial charge < -0.3 is 5.32 Å². The zero-order chi connectivity index (χ0) is 14.7. The minimum atomic E-state index is -0.323. The molecule has 1 heterocycles. The molecule has 1 aromatic carbocycles. The van der Waals surface area contributed by atoms with Gasteiger partial charge in [-0.15, -0.1) is 11.3 Å². The molecule has 2 rings (SSSR count).